The predicted molar refractivity (Wildman–Crippen MR) is 57.3 cm³/mol. The highest BCUT2D eigenvalue weighted by atomic mass is 32.1. The van der Waals surface area contributed by atoms with E-state index in [0.717, 1.165) is 31.4 Å². The van der Waals surface area contributed by atoms with Gasteiger partial charge in [-0.05, 0) is 25.0 Å². The van der Waals surface area contributed by atoms with Gasteiger partial charge in [-0.25, -0.2) is 0 Å². The van der Waals surface area contributed by atoms with Crippen LogP contribution >= 0.6 is 25.3 Å². The zero-order valence-corrected chi connectivity index (χ0v) is 8.86. The maximum absolute atomic E-state index is 10.1. The van der Waals surface area contributed by atoms with Crippen molar-refractivity contribution in [3.63, 3.8) is 0 Å². The van der Waals surface area contributed by atoms with Crippen LogP contribution < -0.4 is 0 Å². The van der Waals surface area contributed by atoms with E-state index in [1.54, 1.807) is 0 Å². The third-order valence-electron chi connectivity index (χ3n) is 1.64. The van der Waals surface area contributed by atoms with Crippen molar-refractivity contribution in [3.05, 3.63) is 0 Å². The topological polar surface area (TPSA) is 37.3 Å². The molecule has 0 unspecified atom stereocenters. The van der Waals surface area contributed by atoms with Crippen molar-refractivity contribution in [2.24, 2.45) is 0 Å². The molecule has 0 amide bonds. The molecule has 12 heavy (non-hydrogen) atoms. The lowest BCUT2D eigenvalue weighted by Gasteiger charge is -2.06. The quantitative estimate of drug-likeness (QED) is 0.443. The molecule has 0 aliphatic rings. The molecular weight excluding hydrogens is 192 g/mol. The molecule has 1 atom stereocenters. The number of thiol groups is 2. The smallest absolute Gasteiger partial charge is 0.303 e. The summed E-state index contributed by atoms with van der Waals surface area (Å²) in [4.78, 5) is 10.1. The third kappa shape index (κ3) is 8.27. The van der Waals surface area contributed by atoms with Gasteiger partial charge in [-0.15, -0.1) is 0 Å². The van der Waals surface area contributed by atoms with E-state index in [4.69, 9.17) is 5.11 Å². The van der Waals surface area contributed by atoms with Crippen molar-refractivity contribution in [3.8, 4) is 0 Å². The van der Waals surface area contributed by atoms with Crippen LogP contribution in [-0.4, -0.2) is 22.1 Å². The van der Waals surface area contributed by atoms with Gasteiger partial charge in [0.1, 0.15) is 0 Å². The lowest BCUT2D eigenvalue weighted by Crippen LogP contribution is -2.00. The average molecular weight is 208 g/mol. The Kier molecular flexibility index (Phi) is 7.91. The van der Waals surface area contributed by atoms with Crippen LogP contribution in [-0.2, 0) is 4.79 Å². The Morgan fingerprint density at radius 2 is 2.00 bits per heavy atom. The van der Waals surface area contributed by atoms with Gasteiger partial charge < -0.3 is 5.11 Å². The molecule has 0 rings (SSSR count). The first-order chi connectivity index (χ1) is 5.66. The fourth-order valence-corrected chi connectivity index (χ4v) is 1.78. The molecule has 1 N–H and O–H groups in total. The number of rotatable bonds is 7. The standard InChI is InChI=1S/C8H16O2S2/c9-8(10)4-2-1-3-7(12)5-6-11/h7,11-12H,1-6H2,(H,9,10)/t7-/m0/s1. The highest BCUT2D eigenvalue weighted by Crippen LogP contribution is 2.12. The Morgan fingerprint density at radius 1 is 1.33 bits per heavy atom. The lowest BCUT2D eigenvalue weighted by atomic mass is 10.1. The molecule has 0 heterocycles. The van der Waals surface area contributed by atoms with E-state index in [9.17, 15) is 4.79 Å². The summed E-state index contributed by atoms with van der Waals surface area (Å²) in [5.74, 6) is 0.146. The summed E-state index contributed by atoms with van der Waals surface area (Å²) in [6.07, 6.45) is 3.99. The molecular formula is C8H16O2S2. The van der Waals surface area contributed by atoms with Crippen LogP contribution in [0.4, 0.5) is 0 Å². The summed E-state index contributed by atoms with van der Waals surface area (Å²) < 4.78 is 0. The third-order valence-corrected chi connectivity index (χ3v) is 2.41. The highest BCUT2D eigenvalue weighted by molar-refractivity contribution is 7.81. The first-order valence-electron chi connectivity index (χ1n) is 4.17. The molecule has 0 aliphatic carbocycles. The first kappa shape index (κ1) is 12.2. The fraction of sp³-hybridized carbons (Fsp3) is 0.875. The molecule has 72 valence electrons. The second-order valence-electron chi connectivity index (χ2n) is 2.81. The minimum Gasteiger partial charge on any atom is -0.481 e. The first-order valence-corrected chi connectivity index (χ1v) is 5.32. The van der Waals surface area contributed by atoms with Gasteiger partial charge in [-0.3, -0.25) is 4.79 Å². The van der Waals surface area contributed by atoms with Crippen LogP contribution in [0.2, 0.25) is 0 Å². The maximum Gasteiger partial charge on any atom is 0.303 e. The summed E-state index contributed by atoms with van der Waals surface area (Å²) in [6.45, 7) is 0. The predicted octanol–water partition coefficient (Wildman–Crippen LogP) is 2.25. The number of carbonyl (C=O) groups is 1. The molecule has 2 nitrogen and oxygen atoms in total. The second kappa shape index (κ2) is 7.80. The molecule has 0 spiro atoms. The number of carboxylic acids is 1. The van der Waals surface area contributed by atoms with E-state index >= 15 is 0 Å². The molecule has 0 saturated heterocycles. The Labute approximate surface area is 84.6 Å². The van der Waals surface area contributed by atoms with Crippen LogP contribution in [0.5, 0.6) is 0 Å². The number of hydrogen-bond acceptors (Lipinski definition) is 3. The fourth-order valence-electron chi connectivity index (χ4n) is 0.950. The molecule has 0 bridgehead atoms. The van der Waals surface area contributed by atoms with Crippen LogP contribution in [0.3, 0.4) is 0 Å². The van der Waals surface area contributed by atoms with E-state index in [1.165, 1.54) is 0 Å². The van der Waals surface area contributed by atoms with E-state index in [1.807, 2.05) is 0 Å². The zero-order chi connectivity index (χ0) is 9.40. The molecule has 0 saturated carbocycles. The Bertz CT molecular complexity index is 128. The number of aliphatic carboxylic acids is 1. The zero-order valence-electron chi connectivity index (χ0n) is 7.07. The summed E-state index contributed by atoms with van der Waals surface area (Å²) in [5.41, 5.74) is 0. The summed E-state index contributed by atoms with van der Waals surface area (Å²) >= 11 is 8.43. The Balaban J connectivity index is 3.13. The summed E-state index contributed by atoms with van der Waals surface area (Å²) in [7, 11) is 0. The average Bonchev–Trinajstić information content (AvgIpc) is 1.98. The highest BCUT2D eigenvalue weighted by Gasteiger charge is 2.02. The molecule has 0 aromatic heterocycles. The van der Waals surface area contributed by atoms with Crippen LogP contribution in [0.15, 0.2) is 0 Å². The van der Waals surface area contributed by atoms with Gasteiger partial charge >= 0.3 is 5.97 Å². The normalized spacial score (nSPS) is 12.8. The van der Waals surface area contributed by atoms with Crippen molar-refractivity contribution in [2.45, 2.75) is 37.4 Å². The molecule has 0 aliphatic heterocycles. The van der Waals surface area contributed by atoms with Gasteiger partial charge in [0.25, 0.3) is 0 Å². The SMILES string of the molecule is O=C(O)CCCC[C@H](S)CCS. The van der Waals surface area contributed by atoms with Crippen molar-refractivity contribution < 1.29 is 9.90 Å². The minimum absolute atomic E-state index is 0.279. The molecule has 0 aromatic carbocycles. The van der Waals surface area contributed by atoms with Crippen molar-refractivity contribution in [1.29, 1.82) is 0 Å². The monoisotopic (exact) mass is 208 g/mol. The second-order valence-corrected chi connectivity index (χ2v) is 3.98. The van der Waals surface area contributed by atoms with Crippen molar-refractivity contribution >= 4 is 31.2 Å². The van der Waals surface area contributed by atoms with Gasteiger partial charge in [0, 0.05) is 11.7 Å². The Morgan fingerprint density at radius 3 is 2.50 bits per heavy atom. The minimum atomic E-state index is -0.708. The van der Waals surface area contributed by atoms with Crippen molar-refractivity contribution in [2.75, 3.05) is 5.75 Å². The van der Waals surface area contributed by atoms with Crippen LogP contribution in [0.1, 0.15) is 32.1 Å². The van der Waals surface area contributed by atoms with E-state index in [2.05, 4.69) is 25.3 Å². The van der Waals surface area contributed by atoms with E-state index in [-0.39, 0.29) is 6.42 Å². The number of unbranched alkanes of at least 4 members (excludes halogenated alkanes) is 1. The maximum atomic E-state index is 10.1. The van der Waals surface area contributed by atoms with Gasteiger partial charge in [0.15, 0.2) is 0 Å². The van der Waals surface area contributed by atoms with E-state index in [0.29, 0.717) is 5.25 Å². The molecule has 4 heteroatoms. The van der Waals surface area contributed by atoms with Gasteiger partial charge in [-0.2, -0.15) is 25.3 Å². The number of carboxylic acid groups (broad SMARTS) is 1. The van der Waals surface area contributed by atoms with Crippen molar-refractivity contribution in [1.82, 2.24) is 0 Å². The largest absolute Gasteiger partial charge is 0.481 e. The molecule has 0 aromatic rings. The number of hydrogen-bond donors (Lipinski definition) is 3. The van der Waals surface area contributed by atoms with Gasteiger partial charge in [0.05, 0.1) is 0 Å². The molecule has 0 fully saturated rings. The lowest BCUT2D eigenvalue weighted by molar-refractivity contribution is -0.137. The molecule has 0 radical (unpaired) electrons. The van der Waals surface area contributed by atoms with E-state index < -0.39 is 5.97 Å². The van der Waals surface area contributed by atoms with Crippen LogP contribution in [0.25, 0.3) is 0 Å². The van der Waals surface area contributed by atoms with Gasteiger partial charge in [0.2, 0.25) is 0 Å². The summed E-state index contributed by atoms with van der Waals surface area (Å²) in [5, 5.41) is 8.74. The Hall–Kier alpha value is 0.170. The van der Waals surface area contributed by atoms with Gasteiger partial charge in [-0.1, -0.05) is 6.42 Å². The summed E-state index contributed by atoms with van der Waals surface area (Å²) in [6, 6.07) is 0. The van der Waals surface area contributed by atoms with Crippen LogP contribution in [0, 0.1) is 0 Å².